The van der Waals surface area contributed by atoms with Crippen LogP contribution < -0.4 is 5.32 Å². The van der Waals surface area contributed by atoms with E-state index in [-0.39, 0.29) is 0 Å². The molecular weight excluding hydrogens is 224 g/mol. The molecule has 18 heavy (non-hydrogen) atoms. The predicted molar refractivity (Wildman–Crippen MR) is 76.8 cm³/mol. The summed E-state index contributed by atoms with van der Waals surface area (Å²) in [5.74, 6) is 0. The molecule has 0 spiro atoms. The van der Waals surface area contributed by atoms with Gasteiger partial charge in [0.15, 0.2) is 0 Å². The molecule has 102 valence electrons. The van der Waals surface area contributed by atoms with Crippen LogP contribution in [0.3, 0.4) is 0 Å². The van der Waals surface area contributed by atoms with Crippen LogP contribution in [0.2, 0.25) is 0 Å². The van der Waals surface area contributed by atoms with Gasteiger partial charge in [-0.1, -0.05) is 30.3 Å². The number of rotatable bonds is 10. The zero-order chi connectivity index (χ0) is 13.1. The van der Waals surface area contributed by atoms with Gasteiger partial charge in [-0.25, -0.2) is 0 Å². The molecule has 0 aliphatic carbocycles. The Hall–Kier alpha value is -0.900. The summed E-state index contributed by atoms with van der Waals surface area (Å²) in [6.07, 6.45) is 2.46. The van der Waals surface area contributed by atoms with E-state index >= 15 is 0 Å². The van der Waals surface area contributed by atoms with Gasteiger partial charge >= 0.3 is 0 Å². The summed E-state index contributed by atoms with van der Waals surface area (Å²) in [5.41, 5.74) is 1.39. The van der Waals surface area contributed by atoms with Crippen LogP contribution in [-0.4, -0.2) is 45.3 Å². The minimum absolute atomic E-state index is 0.800. The largest absolute Gasteiger partial charge is 0.383 e. The van der Waals surface area contributed by atoms with Crippen molar-refractivity contribution in [2.24, 2.45) is 0 Å². The van der Waals surface area contributed by atoms with E-state index in [9.17, 15) is 0 Å². The fraction of sp³-hybridized carbons (Fsp3) is 0.600. The van der Waals surface area contributed by atoms with Gasteiger partial charge < -0.3 is 15.0 Å². The fourth-order valence-corrected chi connectivity index (χ4v) is 1.91. The van der Waals surface area contributed by atoms with Crippen molar-refractivity contribution in [1.82, 2.24) is 10.2 Å². The van der Waals surface area contributed by atoms with E-state index in [4.69, 9.17) is 4.74 Å². The summed E-state index contributed by atoms with van der Waals surface area (Å²) in [7, 11) is 3.92. The first-order chi connectivity index (χ1) is 8.83. The smallest absolute Gasteiger partial charge is 0.0587 e. The predicted octanol–water partition coefficient (Wildman–Crippen LogP) is 2.13. The second-order valence-electron chi connectivity index (χ2n) is 4.67. The summed E-state index contributed by atoms with van der Waals surface area (Å²) in [6.45, 7) is 5.03. The average molecular weight is 250 g/mol. The zero-order valence-corrected chi connectivity index (χ0v) is 11.7. The third kappa shape index (κ3) is 7.43. The Morgan fingerprint density at radius 2 is 1.89 bits per heavy atom. The summed E-state index contributed by atoms with van der Waals surface area (Å²) in [4.78, 5) is 2.38. The van der Waals surface area contributed by atoms with E-state index in [1.165, 1.54) is 18.4 Å². The van der Waals surface area contributed by atoms with Crippen LogP contribution in [0, 0.1) is 0 Å². The van der Waals surface area contributed by atoms with Crippen molar-refractivity contribution in [3.8, 4) is 0 Å². The maximum Gasteiger partial charge on any atom is 0.0587 e. The van der Waals surface area contributed by atoms with Crippen molar-refractivity contribution in [2.75, 3.05) is 40.4 Å². The molecule has 0 aliphatic heterocycles. The molecule has 0 heterocycles. The van der Waals surface area contributed by atoms with Crippen LogP contribution in [0.25, 0.3) is 0 Å². The Morgan fingerprint density at radius 1 is 1.11 bits per heavy atom. The molecule has 3 nitrogen and oxygen atoms in total. The highest BCUT2D eigenvalue weighted by molar-refractivity contribution is 5.14. The lowest BCUT2D eigenvalue weighted by atomic mass is 10.2. The normalized spacial score (nSPS) is 11.1. The van der Waals surface area contributed by atoms with Crippen LogP contribution in [-0.2, 0) is 11.3 Å². The van der Waals surface area contributed by atoms with E-state index < -0.39 is 0 Å². The number of ether oxygens (including phenoxy) is 1. The van der Waals surface area contributed by atoms with Crippen molar-refractivity contribution < 1.29 is 4.74 Å². The van der Waals surface area contributed by atoms with Crippen molar-refractivity contribution in [3.63, 3.8) is 0 Å². The second-order valence-corrected chi connectivity index (χ2v) is 4.67. The summed E-state index contributed by atoms with van der Waals surface area (Å²) in [6, 6.07) is 10.6. The number of methoxy groups -OCH3 is 1. The van der Waals surface area contributed by atoms with Crippen LogP contribution in [0.4, 0.5) is 0 Å². The zero-order valence-electron chi connectivity index (χ0n) is 11.7. The van der Waals surface area contributed by atoms with Gasteiger partial charge in [0.05, 0.1) is 6.61 Å². The highest BCUT2D eigenvalue weighted by atomic mass is 16.5. The molecule has 0 radical (unpaired) electrons. The lowest BCUT2D eigenvalue weighted by Gasteiger charge is -2.16. The number of unbranched alkanes of at least 4 members (excludes halogenated alkanes) is 1. The average Bonchev–Trinajstić information content (AvgIpc) is 2.39. The maximum atomic E-state index is 4.98. The molecule has 0 aliphatic rings. The Kier molecular flexibility index (Phi) is 8.47. The first-order valence-corrected chi connectivity index (χ1v) is 6.75. The summed E-state index contributed by atoms with van der Waals surface area (Å²) < 4.78 is 4.98. The summed E-state index contributed by atoms with van der Waals surface area (Å²) in [5, 5.41) is 3.37. The first-order valence-electron chi connectivity index (χ1n) is 6.75. The number of nitrogens with zero attached hydrogens (tertiary/aromatic N) is 1. The highest BCUT2D eigenvalue weighted by Crippen LogP contribution is 2.03. The second kappa shape index (κ2) is 10.1. The molecule has 1 rings (SSSR count). The molecule has 0 saturated heterocycles. The Labute approximate surface area is 111 Å². The molecule has 0 atom stereocenters. The molecule has 1 aromatic carbocycles. The van der Waals surface area contributed by atoms with Gasteiger partial charge in [-0.3, -0.25) is 0 Å². The molecule has 0 amide bonds. The van der Waals surface area contributed by atoms with Crippen LogP contribution in [0.1, 0.15) is 18.4 Å². The van der Waals surface area contributed by atoms with Gasteiger partial charge in [-0.05, 0) is 38.5 Å². The highest BCUT2D eigenvalue weighted by Gasteiger charge is 1.99. The Morgan fingerprint density at radius 3 is 2.61 bits per heavy atom. The molecule has 0 aromatic heterocycles. The third-order valence-electron chi connectivity index (χ3n) is 2.92. The van der Waals surface area contributed by atoms with E-state index in [2.05, 4.69) is 47.6 Å². The van der Waals surface area contributed by atoms with Crippen molar-refractivity contribution >= 4 is 0 Å². The standard InChI is InChI=1S/C15H26N2O/c1-17(14-15-8-4-3-5-9-15)12-7-6-10-16-11-13-18-2/h3-5,8-9,16H,6-7,10-14H2,1-2H3. The van der Waals surface area contributed by atoms with E-state index in [1.807, 2.05) is 0 Å². The number of hydrogen-bond donors (Lipinski definition) is 1. The topological polar surface area (TPSA) is 24.5 Å². The lowest BCUT2D eigenvalue weighted by Crippen LogP contribution is -2.23. The lowest BCUT2D eigenvalue weighted by molar-refractivity contribution is 0.199. The van der Waals surface area contributed by atoms with E-state index in [0.29, 0.717) is 0 Å². The maximum absolute atomic E-state index is 4.98. The fourth-order valence-electron chi connectivity index (χ4n) is 1.91. The number of hydrogen-bond acceptors (Lipinski definition) is 3. The third-order valence-corrected chi connectivity index (χ3v) is 2.92. The molecule has 3 heteroatoms. The summed E-state index contributed by atoms with van der Waals surface area (Å²) >= 11 is 0. The quantitative estimate of drug-likeness (QED) is 0.644. The van der Waals surface area contributed by atoms with Crippen molar-refractivity contribution in [2.45, 2.75) is 19.4 Å². The van der Waals surface area contributed by atoms with Gasteiger partial charge in [-0.15, -0.1) is 0 Å². The molecule has 0 bridgehead atoms. The Balaban J connectivity index is 1.99. The van der Waals surface area contributed by atoms with Crippen LogP contribution in [0.15, 0.2) is 30.3 Å². The van der Waals surface area contributed by atoms with Crippen LogP contribution >= 0.6 is 0 Å². The number of benzene rings is 1. The Bertz CT molecular complexity index is 290. The first kappa shape index (κ1) is 15.2. The molecule has 1 N–H and O–H groups in total. The minimum atomic E-state index is 0.800. The number of nitrogens with one attached hydrogen (secondary N) is 1. The van der Waals surface area contributed by atoms with Gasteiger partial charge in [-0.2, -0.15) is 0 Å². The van der Waals surface area contributed by atoms with Gasteiger partial charge in [0.1, 0.15) is 0 Å². The molecule has 0 fully saturated rings. The van der Waals surface area contributed by atoms with Crippen molar-refractivity contribution in [1.29, 1.82) is 0 Å². The van der Waals surface area contributed by atoms with Crippen LogP contribution in [0.5, 0.6) is 0 Å². The molecule has 0 saturated carbocycles. The monoisotopic (exact) mass is 250 g/mol. The molecule has 1 aromatic rings. The van der Waals surface area contributed by atoms with E-state index in [0.717, 1.165) is 32.8 Å². The van der Waals surface area contributed by atoms with E-state index in [1.54, 1.807) is 7.11 Å². The minimum Gasteiger partial charge on any atom is -0.383 e. The van der Waals surface area contributed by atoms with Gasteiger partial charge in [0.25, 0.3) is 0 Å². The van der Waals surface area contributed by atoms with Gasteiger partial charge in [0.2, 0.25) is 0 Å². The van der Waals surface area contributed by atoms with Gasteiger partial charge in [0, 0.05) is 20.2 Å². The SMILES string of the molecule is COCCNCCCCN(C)Cc1ccccc1. The van der Waals surface area contributed by atoms with Crippen molar-refractivity contribution in [3.05, 3.63) is 35.9 Å². The molecule has 0 unspecified atom stereocenters. The molecular formula is C15H26N2O.